The molecular formula is C24H27N3O4. The van der Waals surface area contributed by atoms with E-state index in [1.807, 2.05) is 42.5 Å². The molecule has 0 unspecified atom stereocenters. The Balaban J connectivity index is 1.35. The number of rotatable bonds is 3. The van der Waals surface area contributed by atoms with Crippen molar-refractivity contribution in [2.24, 2.45) is 0 Å². The van der Waals surface area contributed by atoms with Crippen LogP contribution in [0.2, 0.25) is 0 Å². The fraction of sp³-hybridized carbons (Fsp3) is 0.417. The third-order valence-electron chi connectivity index (χ3n) is 6.54. The summed E-state index contributed by atoms with van der Waals surface area (Å²) in [6.45, 7) is 1.86. The fourth-order valence-electron chi connectivity index (χ4n) is 4.79. The molecule has 7 nitrogen and oxygen atoms in total. The fourth-order valence-corrected chi connectivity index (χ4v) is 4.79. The average molecular weight is 421 g/mol. The predicted molar refractivity (Wildman–Crippen MR) is 116 cm³/mol. The van der Waals surface area contributed by atoms with Gasteiger partial charge in [-0.3, -0.25) is 14.5 Å². The van der Waals surface area contributed by atoms with Crippen molar-refractivity contribution in [1.29, 1.82) is 0 Å². The molecule has 2 amide bonds. The smallest absolute Gasteiger partial charge is 0.265 e. The van der Waals surface area contributed by atoms with E-state index in [9.17, 15) is 9.59 Å². The highest BCUT2D eigenvalue weighted by Crippen LogP contribution is 2.44. The van der Waals surface area contributed by atoms with Gasteiger partial charge in [0.2, 0.25) is 5.91 Å². The third-order valence-corrected chi connectivity index (χ3v) is 6.54. The first-order valence-electron chi connectivity index (χ1n) is 10.8. The normalized spacial score (nSPS) is 22.2. The van der Waals surface area contributed by atoms with E-state index in [0.717, 1.165) is 43.7 Å². The largest absolute Gasteiger partial charge is 0.487 e. The second kappa shape index (κ2) is 7.89. The molecule has 1 N–H and O–H groups in total. The summed E-state index contributed by atoms with van der Waals surface area (Å²) in [4.78, 5) is 29.3. The van der Waals surface area contributed by atoms with Crippen molar-refractivity contribution in [3.8, 4) is 11.5 Å². The van der Waals surface area contributed by atoms with Gasteiger partial charge in [0, 0.05) is 25.1 Å². The van der Waals surface area contributed by atoms with E-state index < -0.39 is 0 Å². The SMILES string of the molecule is CN1CCC2(CC1)C[C@@H](NC(=O)CN1C(=O)COc3ccccc31)c1ccccc1O2. The third kappa shape index (κ3) is 3.85. The van der Waals surface area contributed by atoms with Gasteiger partial charge in [0.05, 0.1) is 11.7 Å². The molecule has 162 valence electrons. The van der Waals surface area contributed by atoms with Gasteiger partial charge in [0.25, 0.3) is 5.91 Å². The molecule has 2 aromatic carbocycles. The van der Waals surface area contributed by atoms with Gasteiger partial charge in [0.15, 0.2) is 6.61 Å². The number of nitrogens with zero attached hydrogens (tertiary/aromatic N) is 2. The highest BCUT2D eigenvalue weighted by Gasteiger charge is 2.43. The van der Waals surface area contributed by atoms with E-state index in [2.05, 4.69) is 17.3 Å². The standard InChI is InChI=1S/C24H27N3O4/c1-26-12-10-24(11-13-26)14-18(17-6-2-4-8-20(17)31-24)25-22(28)15-27-19-7-3-5-9-21(19)30-16-23(27)29/h2-9,18H,10-16H2,1H3,(H,25,28)/t18-/m1/s1. The summed E-state index contributed by atoms with van der Waals surface area (Å²) in [5, 5.41) is 3.19. The molecule has 2 aromatic rings. The molecule has 7 heteroatoms. The summed E-state index contributed by atoms with van der Waals surface area (Å²) in [7, 11) is 2.13. The molecule has 3 aliphatic rings. The number of benzene rings is 2. The number of hydrogen-bond donors (Lipinski definition) is 1. The van der Waals surface area contributed by atoms with Crippen LogP contribution < -0.4 is 19.7 Å². The van der Waals surface area contributed by atoms with E-state index in [4.69, 9.17) is 9.47 Å². The minimum absolute atomic E-state index is 0.0333. The molecule has 0 saturated carbocycles. The molecule has 0 aromatic heterocycles. The predicted octanol–water partition coefficient (Wildman–Crippen LogP) is 2.52. The van der Waals surface area contributed by atoms with Crippen LogP contribution in [0.4, 0.5) is 5.69 Å². The number of amides is 2. The lowest BCUT2D eigenvalue weighted by atomic mass is 9.80. The number of para-hydroxylation sites is 3. The molecule has 1 atom stereocenters. The number of likely N-dealkylation sites (tertiary alicyclic amines) is 1. The highest BCUT2D eigenvalue weighted by atomic mass is 16.5. The lowest BCUT2D eigenvalue weighted by Crippen LogP contribution is -2.52. The average Bonchev–Trinajstić information content (AvgIpc) is 2.78. The van der Waals surface area contributed by atoms with Gasteiger partial charge in [0.1, 0.15) is 23.6 Å². The molecule has 0 bridgehead atoms. The molecule has 3 aliphatic heterocycles. The zero-order valence-corrected chi connectivity index (χ0v) is 17.7. The Morgan fingerprint density at radius 1 is 1.10 bits per heavy atom. The number of hydrogen-bond acceptors (Lipinski definition) is 5. The Morgan fingerprint density at radius 3 is 2.61 bits per heavy atom. The molecule has 3 heterocycles. The molecular weight excluding hydrogens is 394 g/mol. The van der Waals surface area contributed by atoms with Gasteiger partial charge >= 0.3 is 0 Å². The van der Waals surface area contributed by atoms with Crippen molar-refractivity contribution >= 4 is 17.5 Å². The number of carbonyl (C=O) groups excluding carboxylic acids is 2. The van der Waals surface area contributed by atoms with Crippen LogP contribution in [0.3, 0.4) is 0 Å². The Hall–Kier alpha value is -3.06. The Kier molecular flexibility index (Phi) is 5.06. The number of piperidine rings is 1. The lowest BCUT2D eigenvalue weighted by molar-refractivity contribution is -0.126. The molecule has 0 radical (unpaired) electrons. The zero-order valence-electron chi connectivity index (χ0n) is 17.7. The monoisotopic (exact) mass is 421 g/mol. The molecule has 1 spiro atoms. The minimum Gasteiger partial charge on any atom is -0.487 e. The Bertz CT molecular complexity index is 1000. The molecule has 31 heavy (non-hydrogen) atoms. The number of fused-ring (bicyclic) bond motifs is 2. The summed E-state index contributed by atoms with van der Waals surface area (Å²) < 4.78 is 12.0. The number of nitrogens with one attached hydrogen (secondary N) is 1. The summed E-state index contributed by atoms with van der Waals surface area (Å²) in [5.74, 6) is 1.07. The summed E-state index contributed by atoms with van der Waals surface area (Å²) in [6, 6.07) is 15.1. The van der Waals surface area contributed by atoms with Gasteiger partial charge in [-0.1, -0.05) is 30.3 Å². The molecule has 0 aliphatic carbocycles. The topological polar surface area (TPSA) is 71.1 Å². The maximum atomic E-state index is 13.1. The quantitative estimate of drug-likeness (QED) is 0.825. The van der Waals surface area contributed by atoms with Crippen molar-refractivity contribution in [1.82, 2.24) is 10.2 Å². The zero-order chi connectivity index (χ0) is 21.4. The van der Waals surface area contributed by atoms with Crippen LogP contribution >= 0.6 is 0 Å². The highest BCUT2D eigenvalue weighted by molar-refractivity contribution is 6.02. The second-order valence-corrected chi connectivity index (χ2v) is 8.69. The molecule has 5 rings (SSSR count). The van der Waals surface area contributed by atoms with Crippen LogP contribution in [-0.2, 0) is 9.59 Å². The maximum absolute atomic E-state index is 13.1. The Morgan fingerprint density at radius 2 is 1.81 bits per heavy atom. The van der Waals surface area contributed by atoms with Crippen molar-refractivity contribution < 1.29 is 19.1 Å². The van der Waals surface area contributed by atoms with Crippen LogP contribution in [0.25, 0.3) is 0 Å². The minimum atomic E-state index is -0.264. The number of ether oxygens (including phenoxy) is 2. The van der Waals surface area contributed by atoms with E-state index in [1.54, 1.807) is 6.07 Å². The lowest BCUT2D eigenvalue weighted by Gasteiger charge is -2.46. The Labute approximate surface area is 181 Å². The van der Waals surface area contributed by atoms with E-state index in [1.165, 1.54) is 4.90 Å². The van der Waals surface area contributed by atoms with Crippen molar-refractivity contribution in [2.45, 2.75) is 30.9 Å². The van der Waals surface area contributed by atoms with Gasteiger partial charge in [-0.15, -0.1) is 0 Å². The maximum Gasteiger partial charge on any atom is 0.265 e. The number of anilines is 1. The van der Waals surface area contributed by atoms with Crippen LogP contribution in [-0.4, -0.2) is 55.6 Å². The number of carbonyl (C=O) groups is 2. The first kappa shape index (κ1) is 19.9. The summed E-state index contributed by atoms with van der Waals surface area (Å²) in [6.07, 6.45) is 2.59. The molecule has 1 saturated heterocycles. The van der Waals surface area contributed by atoms with Crippen LogP contribution in [0, 0.1) is 0 Å². The van der Waals surface area contributed by atoms with Crippen LogP contribution in [0.1, 0.15) is 30.9 Å². The van der Waals surface area contributed by atoms with Crippen molar-refractivity contribution in [2.75, 3.05) is 38.2 Å². The van der Waals surface area contributed by atoms with Gasteiger partial charge in [-0.05, 0) is 38.1 Å². The molecule has 1 fully saturated rings. The summed E-state index contributed by atoms with van der Waals surface area (Å²) >= 11 is 0. The van der Waals surface area contributed by atoms with E-state index in [-0.39, 0.29) is 36.6 Å². The van der Waals surface area contributed by atoms with Crippen LogP contribution in [0.5, 0.6) is 11.5 Å². The summed E-state index contributed by atoms with van der Waals surface area (Å²) in [5.41, 5.74) is 1.36. The van der Waals surface area contributed by atoms with Crippen LogP contribution in [0.15, 0.2) is 48.5 Å². The van der Waals surface area contributed by atoms with Crippen molar-refractivity contribution in [3.63, 3.8) is 0 Å². The first-order valence-corrected chi connectivity index (χ1v) is 10.8. The van der Waals surface area contributed by atoms with E-state index in [0.29, 0.717) is 11.4 Å². The van der Waals surface area contributed by atoms with E-state index >= 15 is 0 Å². The van der Waals surface area contributed by atoms with Crippen molar-refractivity contribution in [3.05, 3.63) is 54.1 Å². The van der Waals surface area contributed by atoms with Gasteiger partial charge < -0.3 is 19.7 Å². The van der Waals surface area contributed by atoms with Gasteiger partial charge in [-0.2, -0.15) is 0 Å². The van der Waals surface area contributed by atoms with Gasteiger partial charge in [-0.25, -0.2) is 0 Å². The second-order valence-electron chi connectivity index (χ2n) is 8.69. The first-order chi connectivity index (χ1) is 15.0.